The highest BCUT2D eigenvalue weighted by atomic mass is 35.5. The zero-order valence-corrected chi connectivity index (χ0v) is 13.0. The Hall–Kier alpha value is -0.770. The van der Waals surface area contributed by atoms with Crippen molar-refractivity contribution in [2.75, 3.05) is 24.6 Å². The van der Waals surface area contributed by atoms with E-state index in [4.69, 9.17) is 5.11 Å². The lowest BCUT2D eigenvalue weighted by Crippen LogP contribution is -2.31. The van der Waals surface area contributed by atoms with Gasteiger partial charge in [-0.2, -0.15) is 0 Å². The highest BCUT2D eigenvalue weighted by molar-refractivity contribution is 5.85. The Kier molecular flexibility index (Phi) is 9.66. The molecule has 0 radical (unpaired) electrons. The van der Waals surface area contributed by atoms with E-state index in [0.29, 0.717) is 0 Å². The zero-order valence-electron chi connectivity index (χ0n) is 12.2. The Morgan fingerprint density at radius 2 is 1.68 bits per heavy atom. The molecular weight excluding hydrogens is 260 g/mol. The summed E-state index contributed by atoms with van der Waals surface area (Å²) in [5.41, 5.74) is 2.54. The number of nitrogens with one attached hydrogen (secondary N) is 1. The lowest BCUT2D eigenvalue weighted by atomic mass is 10.1. The van der Waals surface area contributed by atoms with Gasteiger partial charge in [0.05, 0.1) is 6.61 Å². The van der Waals surface area contributed by atoms with E-state index in [2.05, 4.69) is 55.3 Å². The van der Waals surface area contributed by atoms with Gasteiger partial charge in [-0.25, -0.2) is 0 Å². The highest BCUT2D eigenvalue weighted by Crippen LogP contribution is 2.14. The molecule has 0 spiro atoms. The monoisotopic (exact) mass is 286 g/mol. The third-order valence-corrected chi connectivity index (χ3v) is 3.37. The predicted octanol–water partition coefficient (Wildman–Crippen LogP) is 2.82. The van der Waals surface area contributed by atoms with Crippen LogP contribution in [-0.4, -0.2) is 30.8 Å². The molecule has 0 aliphatic carbocycles. The first kappa shape index (κ1) is 18.2. The van der Waals surface area contributed by atoms with Crippen LogP contribution in [0.25, 0.3) is 0 Å². The SMILES string of the molecule is CCC(CO)NCc1ccc(N(CC)CC)cc1.Cl. The molecule has 110 valence electrons. The molecule has 4 heteroatoms. The number of nitrogens with zero attached hydrogens (tertiary/aromatic N) is 1. The first-order valence-corrected chi connectivity index (χ1v) is 6.93. The number of anilines is 1. The lowest BCUT2D eigenvalue weighted by molar-refractivity contribution is 0.238. The van der Waals surface area contributed by atoms with Gasteiger partial charge in [-0.3, -0.25) is 0 Å². The molecule has 1 atom stereocenters. The quantitative estimate of drug-likeness (QED) is 0.771. The van der Waals surface area contributed by atoms with E-state index in [1.165, 1.54) is 11.3 Å². The Balaban J connectivity index is 0.00000324. The molecule has 0 saturated heterocycles. The van der Waals surface area contributed by atoms with Crippen LogP contribution in [0.1, 0.15) is 32.8 Å². The van der Waals surface area contributed by atoms with Gasteiger partial charge in [0.1, 0.15) is 0 Å². The third-order valence-electron chi connectivity index (χ3n) is 3.37. The van der Waals surface area contributed by atoms with Crippen molar-refractivity contribution in [2.45, 2.75) is 39.8 Å². The van der Waals surface area contributed by atoms with Crippen LogP contribution in [0, 0.1) is 0 Å². The van der Waals surface area contributed by atoms with Crippen molar-refractivity contribution < 1.29 is 5.11 Å². The predicted molar refractivity (Wildman–Crippen MR) is 85.3 cm³/mol. The van der Waals surface area contributed by atoms with Gasteiger partial charge >= 0.3 is 0 Å². The second kappa shape index (κ2) is 10.1. The molecule has 2 N–H and O–H groups in total. The number of hydrogen-bond acceptors (Lipinski definition) is 3. The summed E-state index contributed by atoms with van der Waals surface area (Å²) in [5.74, 6) is 0. The van der Waals surface area contributed by atoms with Crippen molar-refractivity contribution in [3.63, 3.8) is 0 Å². The second-order valence-corrected chi connectivity index (χ2v) is 4.51. The molecule has 1 unspecified atom stereocenters. The fourth-order valence-electron chi connectivity index (χ4n) is 2.01. The molecule has 1 aromatic carbocycles. The zero-order chi connectivity index (χ0) is 13.4. The van der Waals surface area contributed by atoms with Gasteiger partial charge in [0.25, 0.3) is 0 Å². The van der Waals surface area contributed by atoms with Crippen molar-refractivity contribution in [3.8, 4) is 0 Å². The van der Waals surface area contributed by atoms with E-state index in [0.717, 1.165) is 26.1 Å². The van der Waals surface area contributed by atoms with Crippen LogP contribution in [-0.2, 0) is 6.54 Å². The average molecular weight is 287 g/mol. The topological polar surface area (TPSA) is 35.5 Å². The molecule has 1 rings (SSSR count). The van der Waals surface area contributed by atoms with Gasteiger partial charge in [-0.1, -0.05) is 19.1 Å². The first-order valence-electron chi connectivity index (χ1n) is 6.93. The molecule has 0 aliphatic heterocycles. The minimum Gasteiger partial charge on any atom is -0.395 e. The lowest BCUT2D eigenvalue weighted by Gasteiger charge is -2.21. The summed E-state index contributed by atoms with van der Waals surface area (Å²) in [6.07, 6.45) is 0.952. The molecule has 0 heterocycles. The van der Waals surface area contributed by atoms with Crippen molar-refractivity contribution in [2.24, 2.45) is 0 Å². The molecule has 19 heavy (non-hydrogen) atoms. The van der Waals surface area contributed by atoms with Gasteiger partial charge < -0.3 is 15.3 Å². The van der Waals surface area contributed by atoms with Crippen LogP contribution >= 0.6 is 12.4 Å². The molecule has 0 amide bonds. The van der Waals surface area contributed by atoms with Crippen molar-refractivity contribution in [1.29, 1.82) is 0 Å². The standard InChI is InChI=1S/C15H26N2O.ClH/c1-4-14(12-18)16-11-13-7-9-15(10-8-13)17(5-2)6-3;/h7-10,14,16,18H,4-6,11-12H2,1-3H3;1H. The van der Waals surface area contributed by atoms with Crippen LogP contribution in [0.4, 0.5) is 5.69 Å². The smallest absolute Gasteiger partial charge is 0.0584 e. The fraction of sp³-hybridized carbons (Fsp3) is 0.600. The van der Waals surface area contributed by atoms with Crippen LogP contribution in [0.15, 0.2) is 24.3 Å². The van der Waals surface area contributed by atoms with Crippen molar-refractivity contribution >= 4 is 18.1 Å². The number of hydrogen-bond donors (Lipinski definition) is 2. The van der Waals surface area contributed by atoms with Crippen molar-refractivity contribution in [1.82, 2.24) is 5.32 Å². The van der Waals surface area contributed by atoms with E-state index in [9.17, 15) is 0 Å². The van der Waals surface area contributed by atoms with Gasteiger partial charge in [0.15, 0.2) is 0 Å². The molecule has 3 nitrogen and oxygen atoms in total. The molecule has 0 aliphatic rings. The summed E-state index contributed by atoms with van der Waals surface area (Å²) in [4.78, 5) is 2.33. The van der Waals surface area contributed by atoms with Crippen LogP contribution < -0.4 is 10.2 Å². The number of aliphatic hydroxyl groups excluding tert-OH is 1. The minimum atomic E-state index is 0. The van der Waals surface area contributed by atoms with E-state index in [1.807, 2.05) is 0 Å². The summed E-state index contributed by atoms with van der Waals surface area (Å²) >= 11 is 0. The Morgan fingerprint density at radius 1 is 1.11 bits per heavy atom. The Bertz CT molecular complexity index is 321. The molecule has 0 aromatic heterocycles. The summed E-state index contributed by atoms with van der Waals surface area (Å²) in [6, 6.07) is 8.86. The van der Waals surface area contributed by atoms with Gasteiger partial charge in [0.2, 0.25) is 0 Å². The molecule has 0 fully saturated rings. The normalized spacial score (nSPS) is 11.8. The highest BCUT2D eigenvalue weighted by Gasteiger charge is 2.04. The molecular formula is C15H27ClN2O. The van der Waals surface area contributed by atoms with E-state index in [-0.39, 0.29) is 25.1 Å². The van der Waals surface area contributed by atoms with Gasteiger partial charge in [-0.05, 0) is 38.0 Å². The van der Waals surface area contributed by atoms with E-state index >= 15 is 0 Å². The van der Waals surface area contributed by atoms with E-state index in [1.54, 1.807) is 0 Å². The van der Waals surface area contributed by atoms with Gasteiger partial charge in [0, 0.05) is 31.4 Å². The molecule has 0 saturated carbocycles. The number of halogens is 1. The first-order chi connectivity index (χ1) is 8.74. The Morgan fingerprint density at radius 3 is 2.11 bits per heavy atom. The molecule has 0 bridgehead atoms. The number of rotatable bonds is 8. The van der Waals surface area contributed by atoms with Crippen LogP contribution in [0.5, 0.6) is 0 Å². The summed E-state index contributed by atoms with van der Waals surface area (Å²) in [5, 5.41) is 12.5. The van der Waals surface area contributed by atoms with Crippen molar-refractivity contribution in [3.05, 3.63) is 29.8 Å². The van der Waals surface area contributed by atoms with Gasteiger partial charge in [-0.15, -0.1) is 12.4 Å². The largest absolute Gasteiger partial charge is 0.395 e. The fourth-order valence-corrected chi connectivity index (χ4v) is 2.01. The molecule has 1 aromatic rings. The number of benzene rings is 1. The van der Waals surface area contributed by atoms with Crippen LogP contribution in [0.3, 0.4) is 0 Å². The third kappa shape index (κ3) is 5.81. The maximum atomic E-state index is 9.12. The summed E-state index contributed by atoms with van der Waals surface area (Å²) < 4.78 is 0. The average Bonchev–Trinajstić information content (AvgIpc) is 2.43. The van der Waals surface area contributed by atoms with Crippen LogP contribution in [0.2, 0.25) is 0 Å². The number of aliphatic hydroxyl groups is 1. The summed E-state index contributed by atoms with van der Waals surface area (Å²) in [6.45, 7) is 9.52. The maximum Gasteiger partial charge on any atom is 0.0584 e. The maximum absolute atomic E-state index is 9.12. The Labute approximate surface area is 123 Å². The minimum absolute atomic E-state index is 0. The van der Waals surface area contributed by atoms with E-state index < -0.39 is 0 Å². The second-order valence-electron chi connectivity index (χ2n) is 4.51. The summed E-state index contributed by atoms with van der Waals surface area (Å²) in [7, 11) is 0.